The van der Waals surface area contributed by atoms with Crippen molar-refractivity contribution in [1.29, 1.82) is 0 Å². The summed E-state index contributed by atoms with van der Waals surface area (Å²) in [6.07, 6.45) is 4.88. The number of rotatable bonds is 4. The van der Waals surface area contributed by atoms with Gasteiger partial charge >= 0.3 is 0 Å². The van der Waals surface area contributed by atoms with Gasteiger partial charge in [-0.3, -0.25) is 0 Å². The van der Waals surface area contributed by atoms with Gasteiger partial charge in [-0.05, 0) is 77.2 Å². The fourth-order valence-corrected chi connectivity index (χ4v) is 4.68. The highest BCUT2D eigenvalue weighted by Crippen LogP contribution is 2.36. The van der Waals surface area contributed by atoms with E-state index in [0.29, 0.717) is 19.3 Å². The summed E-state index contributed by atoms with van der Waals surface area (Å²) < 4.78 is 12.1. The van der Waals surface area contributed by atoms with E-state index in [0.717, 1.165) is 45.5 Å². The maximum atomic E-state index is 5.51. The highest BCUT2D eigenvalue weighted by molar-refractivity contribution is 14.1. The van der Waals surface area contributed by atoms with Crippen molar-refractivity contribution in [1.82, 2.24) is 9.97 Å². The lowest BCUT2D eigenvalue weighted by Gasteiger charge is -2.25. The van der Waals surface area contributed by atoms with Crippen molar-refractivity contribution in [3.05, 3.63) is 51.4 Å². The van der Waals surface area contributed by atoms with Crippen molar-refractivity contribution in [2.45, 2.75) is 45.1 Å². The molecular formula is C23H24IN3O2. The second-order valence-electron chi connectivity index (χ2n) is 8.09. The standard InChI is InChI=1S/C23H24IN3O2/c1-14-2-5-16(6-3-14)22-26-19-8-7-17(24)11-18(19)23(27-22)25-12-15-4-9-20-21(10-15)29-13-28-20/h4,7-11,14,16H,2-3,5-6,12-13H2,1H3,(H,25,26,27). The Morgan fingerprint density at radius 1 is 1.00 bits per heavy atom. The Hall–Kier alpha value is -2.09. The van der Waals surface area contributed by atoms with Gasteiger partial charge in [-0.1, -0.05) is 25.8 Å². The quantitative estimate of drug-likeness (QED) is 0.454. The number of nitrogens with zero attached hydrogens (tertiary/aromatic N) is 2. The van der Waals surface area contributed by atoms with Crippen molar-refractivity contribution < 1.29 is 9.47 Å². The van der Waals surface area contributed by atoms with Crippen LogP contribution in [0.5, 0.6) is 11.5 Å². The van der Waals surface area contributed by atoms with E-state index in [9.17, 15) is 0 Å². The normalized spacial score (nSPS) is 20.8. The SMILES string of the molecule is CC1CCC(c2nc(NCc3ccc4c(c3)OCO4)c3cc(I)ccc3n2)CC1. The maximum absolute atomic E-state index is 5.51. The van der Waals surface area contributed by atoms with Gasteiger partial charge in [-0.25, -0.2) is 9.97 Å². The van der Waals surface area contributed by atoms with E-state index in [1.165, 1.54) is 29.3 Å². The van der Waals surface area contributed by atoms with Crippen LogP contribution in [-0.2, 0) is 6.54 Å². The second kappa shape index (κ2) is 7.97. The highest BCUT2D eigenvalue weighted by Gasteiger charge is 2.23. The Balaban J connectivity index is 1.45. The Kier molecular flexibility index (Phi) is 5.20. The maximum Gasteiger partial charge on any atom is 0.231 e. The molecule has 6 heteroatoms. The molecule has 150 valence electrons. The van der Waals surface area contributed by atoms with Gasteiger partial charge in [0.15, 0.2) is 11.5 Å². The summed E-state index contributed by atoms with van der Waals surface area (Å²) in [5.74, 6) is 4.80. The van der Waals surface area contributed by atoms with Crippen molar-refractivity contribution >= 4 is 39.3 Å². The summed E-state index contributed by atoms with van der Waals surface area (Å²) in [4.78, 5) is 9.93. The number of halogens is 1. The molecule has 1 N–H and O–H groups in total. The molecule has 2 aliphatic rings. The number of hydrogen-bond donors (Lipinski definition) is 1. The second-order valence-corrected chi connectivity index (χ2v) is 9.34. The zero-order chi connectivity index (χ0) is 19.8. The fraction of sp³-hybridized carbons (Fsp3) is 0.391. The van der Waals surface area contributed by atoms with Crippen LogP contribution in [0.25, 0.3) is 10.9 Å². The lowest BCUT2D eigenvalue weighted by molar-refractivity contribution is 0.174. The van der Waals surface area contributed by atoms with Crippen LogP contribution in [0.3, 0.4) is 0 Å². The minimum Gasteiger partial charge on any atom is -0.454 e. The first-order valence-corrected chi connectivity index (χ1v) is 11.3. The van der Waals surface area contributed by atoms with Gasteiger partial charge < -0.3 is 14.8 Å². The molecule has 1 aliphatic heterocycles. The summed E-state index contributed by atoms with van der Waals surface area (Å²) in [7, 11) is 0. The van der Waals surface area contributed by atoms with Gasteiger partial charge in [-0.2, -0.15) is 0 Å². The molecule has 29 heavy (non-hydrogen) atoms. The Labute approximate surface area is 184 Å². The number of anilines is 1. The molecule has 0 saturated heterocycles. The van der Waals surface area contributed by atoms with E-state index in [1.807, 2.05) is 12.1 Å². The van der Waals surface area contributed by atoms with Crippen molar-refractivity contribution in [2.75, 3.05) is 12.1 Å². The van der Waals surface area contributed by atoms with Crippen LogP contribution < -0.4 is 14.8 Å². The predicted octanol–water partition coefficient (Wildman–Crippen LogP) is 5.87. The van der Waals surface area contributed by atoms with Crippen LogP contribution in [0.15, 0.2) is 36.4 Å². The number of benzene rings is 2. The molecule has 3 aromatic rings. The van der Waals surface area contributed by atoms with Gasteiger partial charge in [0.25, 0.3) is 0 Å². The average molecular weight is 501 g/mol. The third-order valence-corrected chi connectivity index (χ3v) is 6.62. The topological polar surface area (TPSA) is 56.3 Å². The molecule has 0 bridgehead atoms. The Morgan fingerprint density at radius 2 is 1.83 bits per heavy atom. The first-order valence-electron chi connectivity index (χ1n) is 10.3. The van der Waals surface area contributed by atoms with E-state index in [1.54, 1.807) is 0 Å². The predicted molar refractivity (Wildman–Crippen MR) is 123 cm³/mol. The highest BCUT2D eigenvalue weighted by atomic mass is 127. The van der Waals surface area contributed by atoms with Crippen molar-refractivity contribution in [3.63, 3.8) is 0 Å². The number of nitrogens with one attached hydrogen (secondary N) is 1. The summed E-state index contributed by atoms with van der Waals surface area (Å²) in [5, 5.41) is 4.63. The Bertz CT molecular complexity index is 1050. The molecule has 2 aromatic carbocycles. The van der Waals surface area contributed by atoms with Gasteiger partial charge in [0.1, 0.15) is 11.6 Å². The van der Waals surface area contributed by atoms with E-state index < -0.39 is 0 Å². The number of aromatic nitrogens is 2. The first-order chi connectivity index (χ1) is 14.2. The smallest absolute Gasteiger partial charge is 0.231 e. The van der Waals surface area contributed by atoms with Crippen LogP contribution in [-0.4, -0.2) is 16.8 Å². The Morgan fingerprint density at radius 3 is 2.69 bits per heavy atom. The monoisotopic (exact) mass is 501 g/mol. The molecule has 1 saturated carbocycles. The molecule has 0 radical (unpaired) electrons. The zero-order valence-electron chi connectivity index (χ0n) is 16.5. The molecule has 1 aromatic heterocycles. The summed E-state index contributed by atoms with van der Waals surface area (Å²) in [6.45, 7) is 3.32. The molecule has 0 unspecified atom stereocenters. The molecular weight excluding hydrogens is 477 g/mol. The lowest BCUT2D eigenvalue weighted by atomic mass is 9.82. The molecule has 0 spiro atoms. The van der Waals surface area contributed by atoms with Gasteiger partial charge in [-0.15, -0.1) is 0 Å². The first kappa shape index (κ1) is 18.9. The van der Waals surface area contributed by atoms with Crippen LogP contribution in [0, 0.1) is 9.49 Å². The lowest BCUT2D eigenvalue weighted by Crippen LogP contribution is -2.15. The van der Waals surface area contributed by atoms with Gasteiger partial charge in [0, 0.05) is 21.4 Å². The number of ether oxygens (including phenoxy) is 2. The van der Waals surface area contributed by atoms with Crippen molar-refractivity contribution in [3.8, 4) is 11.5 Å². The van der Waals surface area contributed by atoms with Crippen LogP contribution >= 0.6 is 22.6 Å². The van der Waals surface area contributed by atoms with Gasteiger partial charge in [0.05, 0.1) is 5.52 Å². The summed E-state index contributed by atoms with van der Waals surface area (Å²) in [6, 6.07) is 12.5. The largest absolute Gasteiger partial charge is 0.454 e. The summed E-state index contributed by atoms with van der Waals surface area (Å²) >= 11 is 2.34. The number of fused-ring (bicyclic) bond motifs is 2. The molecule has 1 fully saturated rings. The van der Waals surface area contributed by atoms with Crippen LogP contribution in [0.1, 0.15) is 49.9 Å². The van der Waals surface area contributed by atoms with Crippen molar-refractivity contribution in [2.24, 2.45) is 5.92 Å². The van der Waals surface area contributed by atoms with E-state index in [4.69, 9.17) is 19.4 Å². The van der Waals surface area contributed by atoms with E-state index >= 15 is 0 Å². The van der Waals surface area contributed by atoms with E-state index in [2.05, 4.69) is 59.1 Å². The zero-order valence-corrected chi connectivity index (χ0v) is 18.6. The molecule has 0 atom stereocenters. The molecule has 2 heterocycles. The van der Waals surface area contributed by atoms with Crippen LogP contribution in [0.4, 0.5) is 5.82 Å². The minimum absolute atomic E-state index is 0.296. The molecule has 5 rings (SSSR count). The van der Waals surface area contributed by atoms with Gasteiger partial charge in [0.2, 0.25) is 6.79 Å². The third-order valence-electron chi connectivity index (χ3n) is 5.95. The molecule has 0 amide bonds. The molecule has 5 nitrogen and oxygen atoms in total. The molecule has 1 aliphatic carbocycles. The summed E-state index contributed by atoms with van der Waals surface area (Å²) in [5.41, 5.74) is 2.15. The minimum atomic E-state index is 0.296. The van der Waals surface area contributed by atoms with E-state index in [-0.39, 0.29) is 0 Å². The fourth-order valence-electron chi connectivity index (χ4n) is 4.19. The third kappa shape index (κ3) is 3.99. The average Bonchev–Trinajstić information content (AvgIpc) is 3.20. The number of hydrogen-bond acceptors (Lipinski definition) is 5. The van der Waals surface area contributed by atoms with Crippen LogP contribution in [0.2, 0.25) is 0 Å².